The van der Waals surface area contributed by atoms with Crippen LogP contribution in [0.3, 0.4) is 0 Å². The highest BCUT2D eigenvalue weighted by molar-refractivity contribution is 6.33. The van der Waals surface area contributed by atoms with Gasteiger partial charge in [-0.15, -0.1) is 0 Å². The van der Waals surface area contributed by atoms with E-state index in [0.29, 0.717) is 10.7 Å². The molecule has 0 unspecified atom stereocenters. The van der Waals surface area contributed by atoms with E-state index in [9.17, 15) is 14.4 Å². The van der Waals surface area contributed by atoms with Crippen LogP contribution in [0.15, 0.2) is 18.2 Å². The van der Waals surface area contributed by atoms with Crippen molar-refractivity contribution in [3.63, 3.8) is 0 Å². The van der Waals surface area contributed by atoms with E-state index >= 15 is 0 Å². The van der Waals surface area contributed by atoms with Crippen LogP contribution in [-0.4, -0.2) is 29.1 Å². The fourth-order valence-electron chi connectivity index (χ4n) is 1.58. The van der Waals surface area contributed by atoms with Gasteiger partial charge in [-0.1, -0.05) is 17.7 Å². The highest BCUT2D eigenvalue weighted by atomic mass is 35.5. The summed E-state index contributed by atoms with van der Waals surface area (Å²) in [5.41, 5.74) is 6.24. The van der Waals surface area contributed by atoms with E-state index in [1.807, 2.05) is 6.92 Å². The normalized spacial score (nSPS) is 11.5. The number of rotatable bonds is 6. The first-order chi connectivity index (χ1) is 9.79. The summed E-state index contributed by atoms with van der Waals surface area (Å²) in [6.07, 6.45) is -0.220. The average molecular weight is 314 g/mol. The SMILES string of the molecule is Cc1ccc(NC(=O)N[C@@H](CCC(N)=O)C(=O)O)c(Cl)c1. The monoisotopic (exact) mass is 313 g/mol. The third-order valence-corrected chi connectivity index (χ3v) is 2.97. The third kappa shape index (κ3) is 5.70. The van der Waals surface area contributed by atoms with Gasteiger partial charge < -0.3 is 21.5 Å². The molecule has 1 aromatic rings. The Bertz CT molecular complexity index is 562. The Balaban J connectivity index is 2.65. The number of primary amides is 1. The number of anilines is 1. The molecular weight excluding hydrogens is 298 g/mol. The van der Waals surface area contributed by atoms with E-state index in [0.717, 1.165) is 5.56 Å². The molecule has 8 heteroatoms. The van der Waals surface area contributed by atoms with Gasteiger partial charge in [-0.25, -0.2) is 9.59 Å². The summed E-state index contributed by atoms with van der Waals surface area (Å²) in [6.45, 7) is 1.85. The summed E-state index contributed by atoms with van der Waals surface area (Å²) >= 11 is 5.96. The Labute approximate surface area is 126 Å². The van der Waals surface area contributed by atoms with Crippen molar-refractivity contribution in [2.75, 3.05) is 5.32 Å². The van der Waals surface area contributed by atoms with Crippen LogP contribution >= 0.6 is 11.6 Å². The van der Waals surface area contributed by atoms with Crippen LogP contribution < -0.4 is 16.4 Å². The minimum Gasteiger partial charge on any atom is -0.480 e. The van der Waals surface area contributed by atoms with Crippen molar-refractivity contribution in [2.24, 2.45) is 5.73 Å². The lowest BCUT2D eigenvalue weighted by molar-refractivity contribution is -0.139. The highest BCUT2D eigenvalue weighted by Gasteiger charge is 2.20. The van der Waals surface area contributed by atoms with Crippen molar-refractivity contribution >= 4 is 35.2 Å². The number of aryl methyl sites for hydroxylation is 1. The number of nitrogens with one attached hydrogen (secondary N) is 2. The number of carboxylic acid groups (broad SMARTS) is 1. The number of carbonyl (C=O) groups excluding carboxylic acids is 2. The van der Waals surface area contributed by atoms with Crippen molar-refractivity contribution in [1.29, 1.82) is 0 Å². The molecule has 0 spiro atoms. The van der Waals surface area contributed by atoms with Crippen LogP contribution in [0, 0.1) is 6.92 Å². The Morgan fingerprint density at radius 2 is 2.05 bits per heavy atom. The highest BCUT2D eigenvalue weighted by Crippen LogP contribution is 2.22. The van der Waals surface area contributed by atoms with E-state index < -0.39 is 23.9 Å². The number of aliphatic carboxylic acids is 1. The number of amides is 3. The minimum absolute atomic E-state index is 0.0836. The second-order valence-corrected chi connectivity index (χ2v) is 4.88. The molecule has 0 saturated carbocycles. The number of benzene rings is 1. The summed E-state index contributed by atoms with van der Waals surface area (Å²) < 4.78 is 0. The molecule has 7 nitrogen and oxygen atoms in total. The van der Waals surface area contributed by atoms with E-state index in [1.54, 1.807) is 18.2 Å². The molecule has 0 radical (unpaired) electrons. The first-order valence-corrected chi connectivity index (χ1v) is 6.52. The molecule has 1 aromatic carbocycles. The predicted octanol–water partition coefficient (Wildman–Crippen LogP) is 1.49. The molecule has 0 aliphatic heterocycles. The van der Waals surface area contributed by atoms with Crippen LogP contribution in [0.4, 0.5) is 10.5 Å². The molecule has 1 atom stereocenters. The van der Waals surface area contributed by atoms with Gasteiger partial charge in [0, 0.05) is 6.42 Å². The molecule has 114 valence electrons. The zero-order valence-electron chi connectivity index (χ0n) is 11.4. The number of halogens is 1. The van der Waals surface area contributed by atoms with E-state index in [-0.39, 0.29) is 12.8 Å². The first kappa shape index (κ1) is 16.8. The van der Waals surface area contributed by atoms with E-state index in [4.69, 9.17) is 22.4 Å². The summed E-state index contributed by atoms with van der Waals surface area (Å²) in [5.74, 6) is -1.88. The molecule has 1 rings (SSSR count). The van der Waals surface area contributed by atoms with Gasteiger partial charge in [0.05, 0.1) is 10.7 Å². The largest absolute Gasteiger partial charge is 0.480 e. The first-order valence-electron chi connectivity index (χ1n) is 6.14. The second kappa shape index (κ2) is 7.49. The summed E-state index contributed by atoms with van der Waals surface area (Å²) in [5, 5.41) is 14.0. The van der Waals surface area contributed by atoms with Gasteiger partial charge >= 0.3 is 12.0 Å². The van der Waals surface area contributed by atoms with Crippen molar-refractivity contribution in [3.8, 4) is 0 Å². The van der Waals surface area contributed by atoms with Crippen LogP contribution in [0.2, 0.25) is 5.02 Å². The van der Waals surface area contributed by atoms with Gasteiger partial charge in [-0.2, -0.15) is 0 Å². The Hall–Kier alpha value is -2.28. The molecule has 21 heavy (non-hydrogen) atoms. The van der Waals surface area contributed by atoms with Gasteiger partial charge in [-0.05, 0) is 31.0 Å². The molecule has 0 aromatic heterocycles. The summed E-state index contributed by atoms with van der Waals surface area (Å²) in [4.78, 5) is 33.4. The van der Waals surface area contributed by atoms with Gasteiger partial charge in [0.1, 0.15) is 6.04 Å². The molecule has 0 bridgehead atoms. The molecule has 3 amide bonds. The predicted molar refractivity (Wildman–Crippen MR) is 78.2 cm³/mol. The zero-order valence-corrected chi connectivity index (χ0v) is 12.1. The van der Waals surface area contributed by atoms with Crippen molar-refractivity contribution < 1.29 is 19.5 Å². The Morgan fingerprint density at radius 3 is 2.57 bits per heavy atom. The fourth-order valence-corrected chi connectivity index (χ4v) is 1.86. The van der Waals surface area contributed by atoms with Gasteiger partial charge in [0.25, 0.3) is 0 Å². The topological polar surface area (TPSA) is 122 Å². The maximum atomic E-state index is 11.7. The summed E-state index contributed by atoms with van der Waals surface area (Å²) in [6, 6.07) is 3.10. The molecule has 0 saturated heterocycles. The second-order valence-electron chi connectivity index (χ2n) is 4.48. The van der Waals surface area contributed by atoms with Gasteiger partial charge in [0.15, 0.2) is 0 Å². The number of carbonyl (C=O) groups is 3. The molecular formula is C13H16ClN3O4. The summed E-state index contributed by atoms with van der Waals surface area (Å²) in [7, 11) is 0. The molecule has 0 aliphatic carbocycles. The van der Waals surface area contributed by atoms with Crippen LogP contribution in [-0.2, 0) is 9.59 Å². The number of urea groups is 1. The average Bonchev–Trinajstić information content (AvgIpc) is 2.37. The van der Waals surface area contributed by atoms with Crippen LogP contribution in [0.1, 0.15) is 18.4 Å². The maximum Gasteiger partial charge on any atom is 0.326 e. The Morgan fingerprint density at radius 1 is 1.38 bits per heavy atom. The quantitative estimate of drug-likeness (QED) is 0.635. The van der Waals surface area contributed by atoms with E-state index in [1.165, 1.54) is 0 Å². The molecule has 0 aliphatic rings. The van der Waals surface area contributed by atoms with Gasteiger partial charge in [-0.3, -0.25) is 4.79 Å². The molecule has 5 N–H and O–H groups in total. The van der Waals surface area contributed by atoms with Crippen molar-refractivity contribution in [1.82, 2.24) is 5.32 Å². The fraction of sp³-hybridized carbons (Fsp3) is 0.308. The number of hydrogen-bond acceptors (Lipinski definition) is 3. The van der Waals surface area contributed by atoms with E-state index in [2.05, 4.69) is 10.6 Å². The van der Waals surface area contributed by atoms with Gasteiger partial charge in [0.2, 0.25) is 5.91 Å². The molecule has 0 fully saturated rings. The number of carboxylic acids is 1. The standard InChI is InChI=1S/C13H16ClN3O4/c1-7-2-3-9(8(14)6-7)16-13(21)17-10(12(19)20)4-5-11(15)18/h2-3,6,10H,4-5H2,1H3,(H2,15,18)(H,19,20)(H2,16,17,21)/t10-/m0/s1. The number of hydrogen-bond donors (Lipinski definition) is 4. The Kier molecular flexibility index (Phi) is 5.98. The van der Waals surface area contributed by atoms with Crippen molar-refractivity contribution in [2.45, 2.75) is 25.8 Å². The number of nitrogens with two attached hydrogens (primary N) is 1. The third-order valence-electron chi connectivity index (χ3n) is 2.66. The van der Waals surface area contributed by atoms with Crippen LogP contribution in [0.5, 0.6) is 0 Å². The minimum atomic E-state index is -1.25. The zero-order chi connectivity index (χ0) is 16.0. The smallest absolute Gasteiger partial charge is 0.326 e. The lowest BCUT2D eigenvalue weighted by atomic mass is 10.1. The molecule has 0 heterocycles. The van der Waals surface area contributed by atoms with Crippen molar-refractivity contribution in [3.05, 3.63) is 28.8 Å². The maximum absolute atomic E-state index is 11.7. The lowest BCUT2D eigenvalue weighted by Gasteiger charge is -2.15. The van der Waals surface area contributed by atoms with Crippen LogP contribution in [0.25, 0.3) is 0 Å². The lowest BCUT2D eigenvalue weighted by Crippen LogP contribution is -2.43.